The Morgan fingerprint density at radius 1 is 1.50 bits per heavy atom. The molecule has 80 valence electrons. The van der Waals surface area contributed by atoms with Gasteiger partial charge in [0.15, 0.2) is 0 Å². The molecular formula is C12H10FN3. The van der Waals surface area contributed by atoms with Crippen LogP contribution in [0.5, 0.6) is 0 Å². The van der Waals surface area contributed by atoms with Crippen LogP contribution in [0.1, 0.15) is 16.7 Å². The van der Waals surface area contributed by atoms with Crippen molar-refractivity contribution in [3.8, 4) is 6.07 Å². The van der Waals surface area contributed by atoms with Crippen molar-refractivity contribution in [1.29, 1.82) is 5.26 Å². The largest absolute Gasteiger partial charge is 0.268 e. The summed E-state index contributed by atoms with van der Waals surface area (Å²) in [6.07, 6.45) is 3.66. The Labute approximate surface area is 92.7 Å². The van der Waals surface area contributed by atoms with Crippen molar-refractivity contribution in [1.82, 2.24) is 9.78 Å². The Balaban J connectivity index is 2.26. The molecule has 16 heavy (non-hydrogen) atoms. The molecule has 0 radical (unpaired) electrons. The van der Waals surface area contributed by atoms with Crippen LogP contribution in [-0.2, 0) is 6.54 Å². The second kappa shape index (κ2) is 4.15. The van der Waals surface area contributed by atoms with E-state index in [4.69, 9.17) is 5.26 Å². The van der Waals surface area contributed by atoms with Crippen LogP contribution in [-0.4, -0.2) is 9.78 Å². The molecule has 0 spiro atoms. The molecule has 4 heteroatoms. The summed E-state index contributed by atoms with van der Waals surface area (Å²) in [5.74, 6) is -0.483. The summed E-state index contributed by atoms with van der Waals surface area (Å²) >= 11 is 0. The predicted octanol–water partition coefficient (Wildman–Crippen LogP) is 2.25. The number of nitrogens with zero attached hydrogens (tertiary/aromatic N) is 3. The van der Waals surface area contributed by atoms with Gasteiger partial charge in [-0.1, -0.05) is 6.07 Å². The molecule has 0 aliphatic carbocycles. The molecule has 0 unspecified atom stereocenters. The van der Waals surface area contributed by atoms with Gasteiger partial charge in [-0.15, -0.1) is 0 Å². The molecule has 1 aromatic heterocycles. The third-order valence-electron chi connectivity index (χ3n) is 2.26. The normalized spacial score (nSPS) is 10.1. The first kappa shape index (κ1) is 10.4. The molecule has 0 saturated heterocycles. The lowest BCUT2D eigenvalue weighted by Crippen LogP contribution is -2.00. The van der Waals surface area contributed by atoms with E-state index in [-0.39, 0.29) is 5.56 Å². The zero-order valence-corrected chi connectivity index (χ0v) is 8.81. The van der Waals surface area contributed by atoms with Gasteiger partial charge in [0.25, 0.3) is 0 Å². The van der Waals surface area contributed by atoms with Gasteiger partial charge in [0.2, 0.25) is 0 Å². The molecule has 0 aliphatic heterocycles. The standard InChI is InChI=1S/C12H10FN3/c1-9-6-15-16(7-9)8-10-2-3-12(13)11(4-10)5-14/h2-4,6-7H,8H2,1H3. The van der Waals surface area contributed by atoms with Crippen molar-refractivity contribution in [2.75, 3.05) is 0 Å². The molecule has 0 amide bonds. The topological polar surface area (TPSA) is 41.6 Å². The minimum atomic E-state index is -0.483. The van der Waals surface area contributed by atoms with Crippen LogP contribution in [0.2, 0.25) is 0 Å². The highest BCUT2D eigenvalue weighted by atomic mass is 19.1. The van der Waals surface area contributed by atoms with Gasteiger partial charge in [-0.05, 0) is 30.2 Å². The van der Waals surface area contributed by atoms with Crippen molar-refractivity contribution in [3.63, 3.8) is 0 Å². The van der Waals surface area contributed by atoms with Crippen molar-refractivity contribution >= 4 is 0 Å². The molecule has 0 saturated carbocycles. The summed E-state index contributed by atoms with van der Waals surface area (Å²) in [7, 11) is 0. The molecule has 1 aromatic carbocycles. The van der Waals surface area contributed by atoms with Crippen LogP contribution in [0.15, 0.2) is 30.6 Å². The van der Waals surface area contributed by atoms with Gasteiger partial charge in [0.1, 0.15) is 11.9 Å². The van der Waals surface area contributed by atoms with Crippen LogP contribution in [0.4, 0.5) is 4.39 Å². The quantitative estimate of drug-likeness (QED) is 0.771. The van der Waals surface area contributed by atoms with Crippen molar-refractivity contribution in [2.45, 2.75) is 13.5 Å². The lowest BCUT2D eigenvalue weighted by molar-refractivity contribution is 0.620. The van der Waals surface area contributed by atoms with Gasteiger partial charge in [0.05, 0.1) is 18.3 Å². The molecular weight excluding hydrogens is 205 g/mol. The number of rotatable bonds is 2. The van der Waals surface area contributed by atoms with E-state index in [1.165, 1.54) is 6.07 Å². The Hall–Kier alpha value is -2.15. The first-order valence-electron chi connectivity index (χ1n) is 4.86. The summed E-state index contributed by atoms with van der Waals surface area (Å²) in [6, 6.07) is 6.34. The first-order valence-corrected chi connectivity index (χ1v) is 4.86. The third kappa shape index (κ3) is 2.09. The summed E-state index contributed by atoms with van der Waals surface area (Å²) in [5.41, 5.74) is 2.00. The van der Waals surface area contributed by atoms with E-state index in [0.717, 1.165) is 11.1 Å². The van der Waals surface area contributed by atoms with Gasteiger partial charge < -0.3 is 0 Å². The Morgan fingerprint density at radius 3 is 2.94 bits per heavy atom. The fourth-order valence-corrected chi connectivity index (χ4v) is 1.50. The molecule has 1 heterocycles. The van der Waals surface area contributed by atoms with Crippen LogP contribution in [0.25, 0.3) is 0 Å². The average molecular weight is 215 g/mol. The van der Waals surface area contributed by atoms with Crippen molar-refractivity contribution in [2.24, 2.45) is 0 Å². The number of halogens is 1. The third-order valence-corrected chi connectivity index (χ3v) is 2.26. The SMILES string of the molecule is Cc1cnn(Cc2ccc(F)c(C#N)c2)c1. The molecule has 0 aliphatic rings. The van der Waals surface area contributed by atoms with Gasteiger partial charge in [-0.25, -0.2) is 4.39 Å². The Morgan fingerprint density at radius 2 is 2.31 bits per heavy atom. The van der Waals surface area contributed by atoms with Gasteiger partial charge >= 0.3 is 0 Å². The summed E-state index contributed by atoms with van der Waals surface area (Å²) in [5, 5.41) is 12.8. The number of hydrogen-bond acceptors (Lipinski definition) is 2. The second-order valence-electron chi connectivity index (χ2n) is 3.64. The lowest BCUT2D eigenvalue weighted by atomic mass is 10.1. The minimum Gasteiger partial charge on any atom is -0.268 e. The molecule has 3 nitrogen and oxygen atoms in total. The van der Waals surface area contributed by atoms with E-state index in [2.05, 4.69) is 5.10 Å². The summed E-state index contributed by atoms with van der Waals surface area (Å²) < 4.78 is 14.8. The molecule has 2 rings (SSSR count). The van der Waals surface area contributed by atoms with Crippen molar-refractivity contribution < 1.29 is 4.39 Å². The zero-order valence-electron chi connectivity index (χ0n) is 8.81. The van der Waals surface area contributed by atoms with E-state index in [1.54, 1.807) is 23.0 Å². The van der Waals surface area contributed by atoms with Crippen LogP contribution >= 0.6 is 0 Å². The monoisotopic (exact) mass is 215 g/mol. The summed E-state index contributed by atoms with van der Waals surface area (Å²) in [4.78, 5) is 0. The Kier molecular flexibility index (Phi) is 2.69. The van der Waals surface area contributed by atoms with Gasteiger partial charge in [-0.2, -0.15) is 10.4 Å². The summed E-state index contributed by atoms with van der Waals surface area (Å²) in [6.45, 7) is 2.50. The molecule has 0 fully saturated rings. The second-order valence-corrected chi connectivity index (χ2v) is 3.64. The number of benzene rings is 1. The number of aromatic nitrogens is 2. The highest BCUT2D eigenvalue weighted by Crippen LogP contribution is 2.10. The van der Waals surface area contributed by atoms with Crippen LogP contribution < -0.4 is 0 Å². The zero-order chi connectivity index (χ0) is 11.5. The van der Waals surface area contributed by atoms with E-state index in [1.807, 2.05) is 19.2 Å². The van der Waals surface area contributed by atoms with Gasteiger partial charge in [-0.3, -0.25) is 4.68 Å². The maximum Gasteiger partial charge on any atom is 0.140 e. The maximum absolute atomic E-state index is 13.1. The smallest absolute Gasteiger partial charge is 0.140 e. The van der Waals surface area contributed by atoms with Crippen LogP contribution in [0.3, 0.4) is 0 Å². The molecule has 0 atom stereocenters. The fraction of sp³-hybridized carbons (Fsp3) is 0.167. The highest BCUT2D eigenvalue weighted by molar-refractivity contribution is 5.34. The number of aryl methyl sites for hydroxylation is 1. The number of hydrogen-bond donors (Lipinski definition) is 0. The molecule has 0 N–H and O–H groups in total. The van der Waals surface area contributed by atoms with Gasteiger partial charge in [0, 0.05) is 6.20 Å². The van der Waals surface area contributed by atoms with E-state index in [0.29, 0.717) is 6.54 Å². The lowest BCUT2D eigenvalue weighted by Gasteiger charge is -2.02. The fourth-order valence-electron chi connectivity index (χ4n) is 1.50. The maximum atomic E-state index is 13.1. The molecule has 2 aromatic rings. The van der Waals surface area contributed by atoms with Crippen molar-refractivity contribution in [3.05, 3.63) is 53.1 Å². The average Bonchev–Trinajstić information content (AvgIpc) is 2.67. The predicted molar refractivity (Wildman–Crippen MR) is 57.2 cm³/mol. The van der Waals surface area contributed by atoms with E-state index >= 15 is 0 Å². The first-order chi connectivity index (χ1) is 7.69. The van der Waals surface area contributed by atoms with E-state index < -0.39 is 5.82 Å². The number of nitriles is 1. The minimum absolute atomic E-state index is 0.0707. The Bertz CT molecular complexity index is 552. The molecule has 0 bridgehead atoms. The highest BCUT2D eigenvalue weighted by Gasteiger charge is 2.03. The van der Waals surface area contributed by atoms with E-state index in [9.17, 15) is 4.39 Å². The van der Waals surface area contributed by atoms with Crippen LogP contribution in [0, 0.1) is 24.1 Å².